The second-order valence-electron chi connectivity index (χ2n) is 8.11. The number of ether oxygens (including phenoxy) is 2. The van der Waals surface area contributed by atoms with E-state index < -0.39 is 23.8 Å². The molecule has 1 aliphatic heterocycles. The number of nitrogens with one attached hydrogen (secondary N) is 1. The highest BCUT2D eigenvalue weighted by atomic mass is 79.9. The average Bonchev–Trinajstić information content (AvgIpc) is 2.87. The zero-order valence-electron chi connectivity index (χ0n) is 19.8. The Kier molecular flexibility index (Phi) is 7.40. The Hall–Kier alpha value is -4.44. The largest absolute Gasteiger partial charge is 0.493 e. The lowest BCUT2D eigenvalue weighted by Gasteiger charge is -2.27. The number of aromatic carboxylic acids is 1. The highest BCUT2D eigenvalue weighted by Crippen LogP contribution is 2.32. The Morgan fingerprint density at radius 2 is 1.76 bits per heavy atom. The molecule has 1 fully saturated rings. The average molecular weight is 565 g/mol. The first-order valence-electron chi connectivity index (χ1n) is 11.0. The number of barbiturate groups is 1. The third-order valence-electron chi connectivity index (χ3n) is 5.54. The Balaban J connectivity index is 1.57. The molecule has 3 aromatic carbocycles. The van der Waals surface area contributed by atoms with E-state index in [0.717, 1.165) is 16.0 Å². The van der Waals surface area contributed by atoms with Crippen molar-refractivity contribution in [1.82, 2.24) is 5.32 Å². The first-order valence-corrected chi connectivity index (χ1v) is 11.8. The number of anilines is 1. The summed E-state index contributed by atoms with van der Waals surface area (Å²) in [6.45, 7) is 2.04. The Labute approximate surface area is 220 Å². The molecule has 0 bridgehead atoms. The Morgan fingerprint density at radius 3 is 2.41 bits per heavy atom. The van der Waals surface area contributed by atoms with E-state index in [9.17, 15) is 19.2 Å². The maximum atomic E-state index is 13.2. The van der Waals surface area contributed by atoms with Crippen molar-refractivity contribution in [3.8, 4) is 11.5 Å². The van der Waals surface area contributed by atoms with Gasteiger partial charge in [0.15, 0.2) is 11.5 Å². The summed E-state index contributed by atoms with van der Waals surface area (Å²) < 4.78 is 11.8. The van der Waals surface area contributed by atoms with E-state index in [-0.39, 0.29) is 17.7 Å². The molecule has 1 aliphatic rings. The van der Waals surface area contributed by atoms with Gasteiger partial charge in [-0.1, -0.05) is 24.3 Å². The van der Waals surface area contributed by atoms with Crippen molar-refractivity contribution in [2.45, 2.75) is 13.5 Å². The molecule has 1 heterocycles. The van der Waals surface area contributed by atoms with Gasteiger partial charge in [-0.25, -0.2) is 14.5 Å². The van der Waals surface area contributed by atoms with Crippen LogP contribution in [0.4, 0.5) is 10.5 Å². The van der Waals surface area contributed by atoms with Gasteiger partial charge in [0.25, 0.3) is 11.8 Å². The summed E-state index contributed by atoms with van der Waals surface area (Å²) in [7, 11) is 1.45. The topological polar surface area (TPSA) is 122 Å². The summed E-state index contributed by atoms with van der Waals surface area (Å²) in [6.07, 6.45) is 1.37. The number of methoxy groups -OCH3 is 1. The summed E-state index contributed by atoms with van der Waals surface area (Å²) >= 11 is 3.37. The number of halogens is 1. The van der Waals surface area contributed by atoms with Gasteiger partial charge < -0.3 is 14.6 Å². The SMILES string of the molecule is COc1cc(C=C2C(=O)NC(=O)N(c3ccc(C)cc3Br)C2=O)ccc1OCc1ccc(C(=O)O)cc1. The van der Waals surface area contributed by atoms with Crippen molar-refractivity contribution < 1.29 is 33.8 Å². The second kappa shape index (κ2) is 10.7. The number of imide groups is 2. The predicted molar refractivity (Wildman–Crippen MR) is 139 cm³/mol. The van der Waals surface area contributed by atoms with Gasteiger partial charge >= 0.3 is 12.0 Å². The lowest BCUT2D eigenvalue weighted by atomic mass is 10.1. The zero-order chi connectivity index (χ0) is 26.7. The first-order chi connectivity index (χ1) is 17.7. The highest BCUT2D eigenvalue weighted by Gasteiger charge is 2.37. The molecule has 1 saturated heterocycles. The normalized spacial score (nSPS) is 14.5. The molecule has 0 radical (unpaired) electrons. The van der Waals surface area contributed by atoms with Crippen molar-refractivity contribution in [1.29, 1.82) is 0 Å². The summed E-state index contributed by atoms with van der Waals surface area (Å²) in [5, 5.41) is 11.2. The van der Waals surface area contributed by atoms with E-state index in [2.05, 4.69) is 21.2 Å². The van der Waals surface area contributed by atoms with Crippen molar-refractivity contribution in [2.75, 3.05) is 12.0 Å². The van der Waals surface area contributed by atoms with Gasteiger partial charge in [0.2, 0.25) is 0 Å². The summed E-state index contributed by atoms with van der Waals surface area (Å²) in [5.74, 6) is -1.81. The van der Waals surface area contributed by atoms with Crippen molar-refractivity contribution in [3.05, 3.63) is 93.0 Å². The van der Waals surface area contributed by atoms with Crippen LogP contribution in [-0.2, 0) is 16.2 Å². The van der Waals surface area contributed by atoms with Crippen LogP contribution in [0.25, 0.3) is 6.08 Å². The molecule has 0 aliphatic carbocycles. The van der Waals surface area contributed by atoms with E-state index in [4.69, 9.17) is 14.6 Å². The van der Waals surface area contributed by atoms with Crippen LogP contribution in [0.2, 0.25) is 0 Å². The third kappa shape index (κ3) is 5.54. The minimum absolute atomic E-state index is 0.167. The van der Waals surface area contributed by atoms with Crippen LogP contribution in [0.3, 0.4) is 0 Å². The van der Waals surface area contributed by atoms with Crippen LogP contribution in [-0.4, -0.2) is 36.0 Å². The number of carbonyl (C=O) groups excluding carboxylic acids is 3. The number of hydrogen-bond donors (Lipinski definition) is 2. The van der Waals surface area contributed by atoms with E-state index in [1.54, 1.807) is 48.5 Å². The minimum atomic E-state index is -1.01. The van der Waals surface area contributed by atoms with Crippen LogP contribution < -0.4 is 19.7 Å². The molecule has 2 N–H and O–H groups in total. The van der Waals surface area contributed by atoms with Gasteiger partial charge in [0.1, 0.15) is 12.2 Å². The van der Waals surface area contributed by atoms with E-state index in [0.29, 0.717) is 27.2 Å². The number of carboxylic acid groups (broad SMARTS) is 1. The van der Waals surface area contributed by atoms with Crippen LogP contribution in [0.15, 0.2) is 70.7 Å². The number of benzene rings is 3. The number of carbonyl (C=O) groups is 4. The molecule has 3 aromatic rings. The summed E-state index contributed by atoms with van der Waals surface area (Å²) in [4.78, 5) is 50.1. The Bertz CT molecular complexity index is 1450. The number of hydrogen-bond acceptors (Lipinski definition) is 6. The molecule has 0 spiro atoms. The fraction of sp³-hybridized carbons (Fsp3) is 0.111. The summed E-state index contributed by atoms with van der Waals surface area (Å²) in [6, 6.07) is 15.4. The van der Waals surface area contributed by atoms with Crippen molar-refractivity contribution in [2.24, 2.45) is 0 Å². The standard InChI is InChI=1S/C27H21BrN2O7/c1-15-3-9-21(20(28)11-15)30-25(32)19(24(31)29-27(30)35)12-17-6-10-22(23(13-17)36-2)37-14-16-4-7-18(8-5-16)26(33)34/h3-13H,14H2,1-2H3,(H,33,34)(H,29,31,35). The van der Waals surface area contributed by atoms with E-state index in [1.807, 2.05) is 6.92 Å². The summed E-state index contributed by atoms with van der Waals surface area (Å²) in [5.41, 5.74) is 2.43. The molecule has 37 heavy (non-hydrogen) atoms. The minimum Gasteiger partial charge on any atom is -0.493 e. The van der Waals surface area contributed by atoms with Crippen LogP contribution >= 0.6 is 15.9 Å². The number of rotatable bonds is 7. The molecule has 9 nitrogen and oxygen atoms in total. The molecule has 0 saturated carbocycles. The van der Waals surface area contributed by atoms with Crippen LogP contribution in [0.5, 0.6) is 11.5 Å². The molecule has 0 unspecified atom stereocenters. The van der Waals surface area contributed by atoms with Crippen molar-refractivity contribution >= 4 is 51.5 Å². The number of amides is 4. The molecule has 0 atom stereocenters. The van der Waals surface area contributed by atoms with Gasteiger partial charge in [-0.15, -0.1) is 0 Å². The molecule has 4 rings (SSSR count). The maximum absolute atomic E-state index is 13.2. The monoisotopic (exact) mass is 564 g/mol. The third-order valence-corrected chi connectivity index (χ3v) is 6.17. The van der Waals surface area contributed by atoms with E-state index >= 15 is 0 Å². The Morgan fingerprint density at radius 1 is 1.03 bits per heavy atom. The van der Waals surface area contributed by atoms with Gasteiger partial charge in [0, 0.05) is 4.47 Å². The number of urea groups is 1. The van der Waals surface area contributed by atoms with Gasteiger partial charge in [-0.05, 0) is 82.0 Å². The van der Waals surface area contributed by atoms with Gasteiger partial charge in [0.05, 0.1) is 18.4 Å². The zero-order valence-corrected chi connectivity index (χ0v) is 21.4. The van der Waals surface area contributed by atoms with Crippen molar-refractivity contribution in [3.63, 3.8) is 0 Å². The van der Waals surface area contributed by atoms with Crippen LogP contribution in [0.1, 0.15) is 27.0 Å². The molecule has 188 valence electrons. The fourth-order valence-electron chi connectivity index (χ4n) is 3.63. The molecular weight excluding hydrogens is 544 g/mol. The highest BCUT2D eigenvalue weighted by molar-refractivity contribution is 9.10. The first kappa shape index (κ1) is 25.6. The second-order valence-corrected chi connectivity index (χ2v) is 8.97. The lowest BCUT2D eigenvalue weighted by Crippen LogP contribution is -2.54. The molecule has 10 heteroatoms. The molecule has 4 amide bonds. The quantitative estimate of drug-likeness (QED) is 0.314. The smallest absolute Gasteiger partial charge is 0.335 e. The molecule has 0 aromatic heterocycles. The lowest BCUT2D eigenvalue weighted by molar-refractivity contribution is -0.122. The fourth-order valence-corrected chi connectivity index (χ4v) is 4.30. The van der Waals surface area contributed by atoms with Gasteiger partial charge in [-0.3, -0.25) is 14.9 Å². The number of carboxylic acids is 1. The predicted octanol–water partition coefficient (Wildman–Crippen LogP) is 4.71. The number of nitrogens with zero attached hydrogens (tertiary/aromatic N) is 1. The van der Waals surface area contributed by atoms with Crippen LogP contribution in [0, 0.1) is 6.92 Å². The molecular formula is C27H21BrN2O7. The maximum Gasteiger partial charge on any atom is 0.335 e. The van der Waals surface area contributed by atoms with E-state index in [1.165, 1.54) is 25.3 Å². The van der Waals surface area contributed by atoms with Gasteiger partial charge in [-0.2, -0.15) is 0 Å². The number of aryl methyl sites for hydroxylation is 1.